The number of nitrogen functional groups attached to an aromatic ring is 1. The standard InChI is InChI=1S/C17H20N4O/c1-11(17(22)21-7-3-4-16(21)19-2)8-12-10-20-15-6-5-13(18)9-14(12)15/h5-6,9-11,16,20H,3-4,7-8,18H2,1H3/t11?,16-/m0/s1. The second-order valence-corrected chi connectivity index (χ2v) is 6.01. The van der Waals surface area contributed by atoms with Gasteiger partial charge in [-0.2, -0.15) is 0 Å². The van der Waals surface area contributed by atoms with E-state index in [0.717, 1.165) is 35.0 Å². The van der Waals surface area contributed by atoms with Crippen molar-refractivity contribution in [3.63, 3.8) is 0 Å². The third kappa shape index (κ3) is 2.52. The number of likely N-dealkylation sites (tertiary alicyclic amines) is 1. The van der Waals surface area contributed by atoms with Crippen LogP contribution in [0.1, 0.15) is 25.3 Å². The molecule has 5 heteroatoms. The van der Waals surface area contributed by atoms with Crippen LogP contribution >= 0.6 is 0 Å². The van der Waals surface area contributed by atoms with Gasteiger partial charge in [-0.05, 0) is 36.6 Å². The van der Waals surface area contributed by atoms with Gasteiger partial charge in [0, 0.05) is 41.7 Å². The summed E-state index contributed by atoms with van der Waals surface area (Å²) in [6, 6.07) is 5.76. The molecule has 0 saturated carbocycles. The van der Waals surface area contributed by atoms with Gasteiger partial charge in [-0.15, -0.1) is 0 Å². The number of aromatic nitrogens is 1. The zero-order chi connectivity index (χ0) is 15.7. The van der Waals surface area contributed by atoms with E-state index < -0.39 is 0 Å². The molecule has 1 unspecified atom stereocenters. The van der Waals surface area contributed by atoms with E-state index in [4.69, 9.17) is 12.3 Å². The summed E-state index contributed by atoms with van der Waals surface area (Å²) in [7, 11) is 0. The first-order valence-electron chi connectivity index (χ1n) is 7.62. The summed E-state index contributed by atoms with van der Waals surface area (Å²) in [6.07, 6.45) is 4.06. The first-order valence-corrected chi connectivity index (χ1v) is 7.62. The number of hydrogen-bond acceptors (Lipinski definition) is 2. The number of amides is 1. The van der Waals surface area contributed by atoms with Gasteiger partial charge in [-0.3, -0.25) is 14.5 Å². The van der Waals surface area contributed by atoms with Crippen molar-refractivity contribution in [2.75, 3.05) is 12.3 Å². The fourth-order valence-corrected chi connectivity index (χ4v) is 3.21. The van der Waals surface area contributed by atoms with Gasteiger partial charge in [0.2, 0.25) is 5.91 Å². The smallest absolute Gasteiger partial charge is 0.300 e. The van der Waals surface area contributed by atoms with Crippen LogP contribution in [0.4, 0.5) is 5.69 Å². The molecular weight excluding hydrogens is 276 g/mol. The normalized spacial score (nSPS) is 19.3. The number of carbonyl (C=O) groups excluding carboxylic acids is 1. The number of aromatic amines is 1. The summed E-state index contributed by atoms with van der Waals surface area (Å²) < 4.78 is 0. The molecule has 1 aromatic heterocycles. The molecule has 0 bridgehead atoms. The Kier molecular flexibility index (Phi) is 3.76. The number of nitrogens with two attached hydrogens (primary N) is 1. The first kappa shape index (κ1) is 14.5. The fraction of sp³-hybridized carbons (Fsp3) is 0.412. The van der Waals surface area contributed by atoms with Crippen LogP contribution in [-0.4, -0.2) is 28.5 Å². The van der Waals surface area contributed by atoms with Gasteiger partial charge < -0.3 is 10.7 Å². The number of H-pyrrole nitrogens is 1. The van der Waals surface area contributed by atoms with Crippen LogP contribution in [0.3, 0.4) is 0 Å². The maximum Gasteiger partial charge on any atom is 0.300 e. The molecule has 1 aliphatic heterocycles. The number of rotatable bonds is 3. The van der Waals surface area contributed by atoms with Crippen molar-refractivity contribution in [2.24, 2.45) is 5.92 Å². The highest BCUT2D eigenvalue weighted by Gasteiger charge is 2.35. The Morgan fingerprint density at radius 3 is 3.18 bits per heavy atom. The van der Waals surface area contributed by atoms with Crippen molar-refractivity contribution >= 4 is 22.5 Å². The predicted molar refractivity (Wildman–Crippen MR) is 86.9 cm³/mol. The lowest BCUT2D eigenvalue weighted by atomic mass is 9.99. The Labute approximate surface area is 129 Å². The Hall–Kier alpha value is -2.48. The third-order valence-corrected chi connectivity index (χ3v) is 4.39. The minimum atomic E-state index is -0.270. The lowest BCUT2D eigenvalue weighted by molar-refractivity contribution is -0.135. The highest BCUT2D eigenvalue weighted by Crippen LogP contribution is 2.26. The number of nitrogens with zero attached hydrogens (tertiary/aromatic N) is 2. The van der Waals surface area contributed by atoms with Crippen molar-refractivity contribution in [2.45, 2.75) is 32.4 Å². The summed E-state index contributed by atoms with van der Waals surface area (Å²) in [5.74, 6) is -0.0560. The van der Waals surface area contributed by atoms with Gasteiger partial charge in [0.05, 0.1) is 0 Å². The lowest BCUT2D eigenvalue weighted by Gasteiger charge is -2.20. The molecule has 2 atom stereocenters. The molecule has 1 saturated heterocycles. The average Bonchev–Trinajstić information content (AvgIpc) is 3.13. The average molecular weight is 296 g/mol. The molecule has 1 aromatic carbocycles. The van der Waals surface area contributed by atoms with E-state index in [9.17, 15) is 4.79 Å². The summed E-state index contributed by atoms with van der Waals surface area (Å²) in [5, 5.41) is 1.07. The third-order valence-electron chi connectivity index (χ3n) is 4.39. The Morgan fingerprint density at radius 1 is 1.59 bits per heavy atom. The van der Waals surface area contributed by atoms with Gasteiger partial charge >= 0.3 is 6.17 Å². The fourth-order valence-electron chi connectivity index (χ4n) is 3.21. The maximum absolute atomic E-state index is 12.6. The van der Waals surface area contributed by atoms with E-state index in [-0.39, 0.29) is 18.0 Å². The molecule has 22 heavy (non-hydrogen) atoms. The van der Waals surface area contributed by atoms with Crippen LogP contribution in [0.15, 0.2) is 24.4 Å². The Bertz CT molecular complexity index is 743. The molecular formula is C17H20N4O. The topological polar surface area (TPSA) is 66.5 Å². The molecule has 1 amide bonds. The van der Waals surface area contributed by atoms with E-state index in [0.29, 0.717) is 13.0 Å². The minimum Gasteiger partial charge on any atom is -0.399 e. The zero-order valence-electron chi connectivity index (χ0n) is 12.7. The van der Waals surface area contributed by atoms with Crippen LogP contribution in [0.2, 0.25) is 0 Å². The summed E-state index contributed by atoms with van der Waals surface area (Å²) >= 11 is 0. The van der Waals surface area contributed by atoms with E-state index in [1.165, 1.54) is 0 Å². The van der Waals surface area contributed by atoms with Crippen molar-refractivity contribution in [1.82, 2.24) is 9.88 Å². The van der Waals surface area contributed by atoms with E-state index in [2.05, 4.69) is 9.83 Å². The van der Waals surface area contributed by atoms with Gasteiger partial charge in [-0.25, -0.2) is 6.57 Å². The van der Waals surface area contributed by atoms with Gasteiger partial charge in [0.15, 0.2) is 0 Å². The van der Waals surface area contributed by atoms with Gasteiger partial charge in [0.25, 0.3) is 0 Å². The second kappa shape index (κ2) is 5.72. The van der Waals surface area contributed by atoms with Crippen molar-refractivity contribution in [3.05, 3.63) is 41.4 Å². The highest BCUT2D eigenvalue weighted by atomic mass is 16.2. The van der Waals surface area contributed by atoms with Crippen molar-refractivity contribution in [1.29, 1.82) is 0 Å². The molecule has 3 N–H and O–H groups in total. The maximum atomic E-state index is 12.6. The number of hydrogen-bond donors (Lipinski definition) is 2. The quantitative estimate of drug-likeness (QED) is 0.675. The molecule has 2 heterocycles. The van der Waals surface area contributed by atoms with Crippen LogP contribution in [0.5, 0.6) is 0 Å². The molecule has 0 aliphatic carbocycles. The van der Waals surface area contributed by atoms with Crippen LogP contribution in [-0.2, 0) is 11.2 Å². The van der Waals surface area contributed by atoms with Gasteiger partial charge in [-0.1, -0.05) is 6.92 Å². The summed E-state index contributed by atoms with van der Waals surface area (Å²) in [6.45, 7) is 9.85. The molecule has 5 nitrogen and oxygen atoms in total. The second-order valence-electron chi connectivity index (χ2n) is 6.01. The highest BCUT2D eigenvalue weighted by molar-refractivity contribution is 5.87. The van der Waals surface area contributed by atoms with E-state index >= 15 is 0 Å². The van der Waals surface area contributed by atoms with Crippen LogP contribution in [0, 0.1) is 12.5 Å². The lowest BCUT2D eigenvalue weighted by Crippen LogP contribution is -2.38. The molecule has 0 spiro atoms. The number of anilines is 1. The molecule has 0 radical (unpaired) electrons. The minimum absolute atomic E-state index is 0.0803. The van der Waals surface area contributed by atoms with Crippen molar-refractivity contribution < 1.29 is 4.79 Å². The SMILES string of the molecule is [C-]#[N+][C@@H]1CCCN1C(=O)C(C)Cc1c[nH]c2ccc(N)cc12. The number of nitrogens with one attached hydrogen (secondary N) is 1. The molecule has 1 fully saturated rings. The first-order chi connectivity index (χ1) is 10.6. The number of carbonyl (C=O) groups is 1. The zero-order valence-corrected chi connectivity index (χ0v) is 12.7. The molecule has 1 aliphatic rings. The number of benzene rings is 1. The van der Waals surface area contributed by atoms with E-state index in [1.807, 2.05) is 31.3 Å². The predicted octanol–water partition coefficient (Wildman–Crippen LogP) is 2.80. The van der Waals surface area contributed by atoms with Crippen LogP contribution in [0.25, 0.3) is 15.7 Å². The van der Waals surface area contributed by atoms with Gasteiger partial charge in [0.1, 0.15) is 0 Å². The largest absolute Gasteiger partial charge is 0.399 e. The molecule has 2 aromatic rings. The Balaban J connectivity index is 1.78. The Morgan fingerprint density at radius 2 is 2.41 bits per heavy atom. The number of fused-ring (bicyclic) bond motifs is 1. The van der Waals surface area contributed by atoms with E-state index in [1.54, 1.807) is 4.90 Å². The summed E-state index contributed by atoms with van der Waals surface area (Å²) in [5.41, 5.74) is 8.71. The molecule has 3 rings (SSSR count). The summed E-state index contributed by atoms with van der Waals surface area (Å²) in [4.78, 5) is 21.1. The van der Waals surface area contributed by atoms with Crippen molar-refractivity contribution in [3.8, 4) is 0 Å². The van der Waals surface area contributed by atoms with Crippen LogP contribution < -0.4 is 5.73 Å². The molecule has 114 valence electrons. The monoisotopic (exact) mass is 296 g/mol.